The summed E-state index contributed by atoms with van der Waals surface area (Å²) in [5, 5.41) is 2.57. The number of hydrogen-bond acceptors (Lipinski definition) is 4. The molecule has 1 aromatic heterocycles. The van der Waals surface area contributed by atoms with Crippen molar-refractivity contribution in [3.8, 4) is 0 Å². The van der Waals surface area contributed by atoms with Crippen LogP contribution in [0.3, 0.4) is 0 Å². The van der Waals surface area contributed by atoms with Gasteiger partial charge in [-0.2, -0.15) is 0 Å². The number of methoxy groups -OCH3 is 1. The van der Waals surface area contributed by atoms with Gasteiger partial charge in [-0.1, -0.05) is 6.08 Å². The molecule has 0 aliphatic heterocycles. The van der Waals surface area contributed by atoms with Crippen LogP contribution < -0.4 is 10.9 Å². The minimum atomic E-state index is -0.490. The van der Waals surface area contributed by atoms with Crippen LogP contribution in [-0.2, 0) is 22.4 Å². The molecule has 0 spiro atoms. The molecular formula is C15H18N2O4. The molecule has 0 fully saturated rings. The third kappa shape index (κ3) is 3.81. The number of aromatic amines is 1. The second kappa shape index (κ2) is 6.88. The Balaban J connectivity index is 2.04. The van der Waals surface area contributed by atoms with Gasteiger partial charge in [0.15, 0.2) is 0 Å². The van der Waals surface area contributed by atoms with Crippen LogP contribution in [0.5, 0.6) is 0 Å². The van der Waals surface area contributed by atoms with Crippen molar-refractivity contribution >= 4 is 11.9 Å². The number of nitrogens with one attached hydrogen (secondary N) is 2. The van der Waals surface area contributed by atoms with Crippen molar-refractivity contribution in [2.45, 2.75) is 25.7 Å². The average molecular weight is 290 g/mol. The third-order valence-electron chi connectivity index (χ3n) is 3.42. The number of fused-ring (bicyclic) bond motifs is 1. The topological polar surface area (TPSA) is 88.3 Å². The maximum absolute atomic E-state index is 12.0. The molecule has 0 radical (unpaired) electrons. The van der Waals surface area contributed by atoms with E-state index in [0.29, 0.717) is 0 Å². The Labute approximate surface area is 122 Å². The molecule has 1 aliphatic rings. The number of carbonyl (C=O) groups excluding carboxylic acids is 2. The van der Waals surface area contributed by atoms with Crippen LogP contribution in [0.4, 0.5) is 0 Å². The van der Waals surface area contributed by atoms with Gasteiger partial charge in [-0.15, -0.1) is 0 Å². The second-order valence-corrected chi connectivity index (χ2v) is 4.86. The van der Waals surface area contributed by atoms with E-state index in [-0.39, 0.29) is 17.7 Å². The predicted molar refractivity (Wildman–Crippen MR) is 77.2 cm³/mol. The summed E-state index contributed by atoms with van der Waals surface area (Å²) in [6.07, 6.45) is 6.56. The molecular weight excluding hydrogens is 272 g/mol. The molecule has 0 saturated carbocycles. The lowest BCUT2D eigenvalue weighted by molar-refractivity contribution is -0.134. The highest BCUT2D eigenvalue weighted by Gasteiger charge is 2.16. The van der Waals surface area contributed by atoms with Gasteiger partial charge >= 0.3 is 5.97 Å². The number of amides is 1. The van der Waals surface area contributed by atoms with E-state index in [4.69, 9.17) is 0 Å². The van der Waals surface area contributed by atoms with Crippen molar-refractivity contribution in [2.24, 2.45) is 0 Å². The monoisotopic (exact) mass is 290 g/mol. The first kappa shape index (κ1) is 15.0. The Morgan fingerprint density at radius 2 is 2.14 bits per heavy atom. The zero-order valence-electron chi connectivity index (χ0n) is 11.9. The molecule has 0 bridgehead atoms. The van der Waals surface area contributed by atoms with Gasteiger partial charge in [0.1, 0.15) is 5.56 Å². The summed E-state index contributed by atoms with van der Waals surface area (Å²) in [7, 11) is 1.28. The lowest BCUT2D eigenvalue weighted by Gasteiger charge is -2.15. The highest BCUT2D eigenvalue weighted by atomic mass is 16.5. The van der Waals surface area contributed by atoms with Crippen molar-refractivity contribution < 1.29 is 14.3 Å². The smallest absolute Gasteiger partial charge is 0.330 e. The number of H-pyrrole nitrogens is 1. The number of pyridine rings is 1. The number of rotatable bonds is 4. The zero-order valence-corrected chi connectivity index (χ0v) is 11.9. The Morgan fingerprint density at radius 1 is 1.38 bits per heavy atom. The average Bonchev–Trinajstić information content (AvgIpc) is 2.50. The molecule has 0 aromatic carbocycles. The van der Waals surface area contributed by atoms with E-state index in [1.165, 1.54) is 19.3 Å². The lowest BCUT2D eigenvalue weighted by atomic mass is 9.95. The largest absolute Gasteiger partial charge is 0.466 e. The summed E-state index contributed by atoms with van der Waals surface area (Å²) in [5.41, 5.74) is 1.72. The predicted octanol–water partition coefficient (Wildman–Crippen LogP) is 0.713. The fraction of sp³-hybridized carbons (Fsp3) is 0.400. The SMILES string of the molecule is COC(=O)/C=C/CNC(=O)c1cc2c([nH]c1=O)CCCC2. The number of carbonyl (C=O) groups is 2. The Bertz CT molecular complexity index is 631. The molecule has 1 aromatic rings. The normalized spacial score (nSPS) is 13.8. The van der Waals surface area contributed by atoms with E-state index in [1.807, 2.05) is 0 Å². The minimum absolute atomic E-state index is 0.113. The molecule has 21 heavy (non-hydrogen) atoms. The van der Waals surface area contributed by atoms with Gasteiger partial charge in [-0.3, -0.25) is 9.59 Å². The molecule has 0 saturated heterocycles. The van der Waals surface area contributed by atoms with Gasteiger partial charge in [-0.25, -0.2) is 4.79 Å². The first-order chi connectivity index (χ1) is 10.1. The summed E-state index contributed by atoms with van der Waals surface area (Å²) < 4.78 is 4.43. The minimum Gasteiger partial charge on any atom is -0.466 e. The van der Waals surface area contributed by atoms with Crippen LogP contribution in [0, 0.1) is 0 Å². The van der Waals surface area contributed by atoms with E-state index >= 15 is 0 Å². The third-order valence-corrected chi connectivity index (χ3v) is 3.42. The highest BCUT2D eigenvalue weighted by molar-refractivity contribution is 5.94. The molecule has 0 atom stereocenters. The maximum atomic E-state index is 12.0. The van der Waals surface area contributed by atoms with Gasteiger partial charge in [0, 0.05) is 18.3 Å². The van der Waals surface area contributed by atoms with Crippen LogP contribution in [-0.4, -0.2) is 30.5 Å². The quantitative estimate of drug-likeness (QED) is 0.631. The molecule has 1 amide bonds. The van der Waals surface area contributed by atoms with Crippen molar-refractivity contribution in [3.63, 3.8) is 0 Å². The van der Waals surface area contributed by atoms with E-state index in [9.17, 15) is 14.4 Å². The molecule has 1 heterocycles. The first-order valence-electron chi connectivity index (χ1n) is 6.89. The first-order valence-corrected chi connectivity index (χ1v) is 6.89. The number of aromatic nitrogens is 1. The lowest BCUT2D eigenvalue weighted by Crippen LogP contribution is -2.31. The molecule has 2 N–H and O–H groups in total. The van der Waals surface area contributed by atoms with Crippen LogP contribution in [0.25, 0.3) is 0 Å². The Morgan fingerprint density at radius 3 is 2.90 bits per heavy atom. The van der Waals surface area contributed by atoms with E-state index in [1.54, 1.807) is 6.07 Å². The molecule has 0 unspecified atom stereocenters. The van der Waals surface area contributed by atoms with Gasteiger partial charge in [0.25, 0.3) is 11.5 Å². The van der Waals surface area contributed by atoms with Crippen molar-refractivity contribution in [1.29, 1.82) is 0 Å². The molecule has 2 rings (SSSR count). The number of hydrogen-bond donors (Lipinski definition) is 2. The second-order valence-electron chi connectivity index (χ2n) is 4.86. The van der Waals surface area contributed by atoms with Crippen LogP contribution in [0.2, 0.25) is 0 Å². The summed E-state index contributed by atoms with van der Waals surface area (Å²) >= 11 is 0. The standard InChI is InChI=1S/C15H18N2O4/c1-21-13(18)7-4-8-16-14(19)11-9-10-5-2-3-6-12(10)17-15(11)20/h4,7,9H,2-3,5-6,8H2,1H3,(H,16,19)(H,17,20)/b7-4+. The number of aryl methyl sites for hydroxylation is 2. The maximum Gasteiger partial charge on any atom is 0.330 e. The molecule has 6 nitrogen and oxygen atoms in total. The highest BCUT2D eigenvalue weighted by Crippen LogP contribution is 2.18. The summed E-state index contributed by atoms with van der Waals surface area (Å²) in [4.78, 5) is 37.5. The van der Waals surface area contributed by atoms with E-state index in [2.05, 4.69) is 15.0 Å². The van der Waals surface area contributed by atoms with Gasteiger partial charge in [0.05, 0.1) is 7.11 Å². The number of esters is 1. The fourth-order valence-corrected chi connectivity index (χ4v) is 2.31. The van der Waals surface area contributed by atoms with Crippen LogP contribution >= 0.6 is 0 Å². The van der Waals surface area contributed by atoms with E-state index in [0.717, 1.165) is 36.9 Å². The molecule has 6 heteroatoms. The van der Waals surface area contributed by atoms with Crippen molar-refractivity contribution in [3.05, 3.63) is 45.4 Å². The summed E-state index contributed by atoms with van der Waals surface area (Å²) in [6.45, 7) is 0.157. The summed E-state index contributed by atoms with van der Waals surface area (Å²) in [5.74, 6) is -0.935. The van der Waals surface area contributed by atoms with Crippen LogP contribution in [0.1, 0.15) is 34.5 Å². The van der Waals surface area contributed by atoms with Crippen molar-refractivity contribution in [1.82, 2.24) is 10.3 Å². The zero-order chi connectivity index (χ0) is 15.2. The fourth-order valence-electron chi connectivity index (χ4n) is 2.31. The molecule has 1 aliphatic carbocycles. The van der Waals surface area contributed by atoms with E-state index < -0.39 is 11.9 Å². The van der Waals surface area contributed by atoms with Gasteiger partial charge in [0.2, 0.25) is 0 Å². The van der Waals surface area contributed by atoms with Gasteiger partial charge in [-0.05, 0) is 37.3 Å². The van der Waals surface area contributed by atoms with Crippen LogP contribution in [0.15, 0.2) is 23.0 Å². The molecule has 112 valence electrons. The van der Waals surface area contributed by atoms with Gasteiger partial charge < -0.3 is 15.0 Å². The summed E-state index contributed by atoms with van der Waals surface area (Å²) in [6, 6.07) is 1.67. The Hall–Kier alpha value is -2.37. The number of ether oxygens (including phenoxy) is 1. The Kier molecular flexibility index (Phi) is 4.92. The van der Waals surface area contributed by atoms with Crippen molar-refractivity contribution in [2.75, 3.05) is 13.7 Å².